The fourth-order valence-corrected chi connectivity index (χ4v) is 4.02. The van der Waals surface area contributed by atoms with Gasteiger partial charge >= 0.3 is 6.09 Å². The van der Waals surface area contributed by atoms with Gasteiger partial charge in [0.15, 0.2) is 11.6 Å². The van der Waals surface area contributed by atoms with Gasteiger partial charge in [0.05, 0.1) is 25.5 Å². The molecule has 3 aromatic rings. The second kappa shape index (κ2) is 11.2. The summed E-state index contributed by atoms with van der Waals surface area (Å²) >= 11 is 0. The number of ether oxygens (including phenoxy) is 1. The normalized spacial score (nSPS) is 14.1. The highest BCUT2D eigenvalue weighted by Crippen LogP contribution is 2.22. The molecule has 2 heterocycles. The average Bonchev–Trinajstić information content (AvgIpc) is 2.85. The Morgan fingerprint density at radius 1 is 1.09 bits per heavy atom. The van der Waals surface area contributed by atoms with E-state index in [1.165, 1.54) is 29.2 Å². The molecule has 0 bridgehead atoms. The zero-order valence-electron chi connectivity index (χ0n) is 19.1. The standard InChI is InChI=1S/C25H26F2N4O4/c26-21-7-2-6-20(24(21)27)22-8-9-23(32)31(28-22)17-18-4-1-5-19(16-18)30(25(33)34)11-3-10-29-12-14-35-15-13-29/h1-2,4-9,16H,3,10-15,17H2,(H,33,34). The van der Waals surface area contributed by atoms with Gasteiger partial charge in [-0.25, -0.2) is 18.3 Å². The number of carboxylic acid groups (broad SMARTS) is 1. The average molecular weight is 485 g/mol. The molecule has 2 aromatic carbocycles. The smallest absolute Gasteiger partial charge is 0.411 e. The highest BCUT2D eigenvalue weighted by atomic mass is 19.2. The molecule has 1 N–H and O–H groups in total. The van der Waals surface area contributed by atoms with Crippen LogP contribution in [-0.2, 0) is 11.3 Å². The van der Waals surface area contributed by atoms with Crippen LogP contribution in [0.2, 0.25) is 0 Å². The van der Waals surface area contributed by atoms with Crippen molar-refractivity contribution in [2.45, 2.75) is 13.0 Å². The third-order valence-electron chi connectivity index (χ3n) is 5.84. The van der Waals surface area contributed by atoms with E-state index in [9.17, 15) is 23.5 Å². The molecular weight excluding hydrogens is 458 g/mol. The zero-order valence-corrected chi connectivity index (χ0v) is 19.1. The fraction of sp³-hybridized carbons (Fsp3) is 0.320. The van der Waals surface area contributed by atoms with Crippen LogP contribution < -0.4 is 10.5 Å². The largest absolute Gasteiger partial charge is 0.465 e. The van der Waals surface area contributed by atoms with E-state index in [1.54, 1.807) is 24.3 Å². The molecular formula is C25H26F2N4O4. The second-order valence-electron chi connectivity index (χ2n) is 8.23. The predicted molar refractivity (Wildman–Crippen MR) is 127 cm³/mol. The summed E-state index contributed by atoms with van der Waals surface area (Å²) < 4.78 is 34.3. The van der Waals surface area contributed by atoms with Crippen LogP contribution in [0, 0.1) is 11.6 Å². The van der Waals surface area contributed by atoms with Crippen molar-refractivity contribution >= 4 is 11.8 Å². The number of hydrogen-bond acceptors (Lipinski definition) is 5. The van der Waals surface area contributed by atoms with Crippen molar-refractivity contribution in [3.63, 3.8) is 0 Å². The second-order valence-corrected chi connectivity index (χ2v) is 8.23. The molecule has 1 aliphatic heterocycles. The molecule has 184 valence electrons. The van der Waals surface area contributed by atoms with Gasteiger partial charge in [0.2, 0.25) is 0 Å². The molecule has 1 fully saturated rings. The maximum Gasteiger partial charge on any atom is 0.411 e. The Morgan fingerprint density at radius 2 is 1.86 bits per heavy atom. The first-order chi connectivity index (χ1) is 16.9. The molecule has 35 heavy (non-hydrogen) atoms. The Hall–Kier alpha value is -3.63. The van der Waals surface area contributed by atoms with Crippen LogP contribution in [0.1, 0.15) is 12.0 Å². The van der Waals surface area contributed by atoms with E-state index >= 15 is 0 Å². The molecule has 0 spiro atoms. The van der Waals surface area contributed by atoms with E-state index in [4.69, 9.17) is 4.74 Å². The summed E-state index contributed by atoms with van der Waals surface area (Å²) in [4.78, 5) is 27.8. The van der Waals surface area contributed by atoms with Crippen LogP contribution >= 0.6 is 0 Å². The Morgan fingerprint density at radius 3 is 2.63 bits per heavy atom. The third-order valence-corrected chi connectivity index (χ3v) is 5.84. The monoisotopic (exact) mass is 484 g/mol. The van der Waals surface area contributed by atoms with Crippen LogP contribution in [0.25, 0.3) is 11.3 Å². The number of amides is 1. The van der Waals surface area contributed by atoms with Crippen molar-refractivity contribution in [1.29, 1.82) is 0 Å². The Bertz CT molecular complexity index is 1240. The number of aromatic nitrogens is 2. The number of benzene rings is 2. The maximum absolute atomic E-state index is 14.2. The lowest BCUT2D eigenvalue weighted by atomic mass is 10.1. The summed E-state index contributed by atoms with van der Waals surface area (Å²) in [5, 5.41) is 14.0. The lowest BCUT2D eigenvalue weighted by Gasteiger charge is -2.27. The first-order valence-corrected chi connectivity index (χ1v) is 11.3. The first kappa shape index (κ1) is 24.5. The minimum atomic E-state index is -1.07. The van der Waals surface area contributed by atoms with Gasteiger partial charge in [-0.3, -0.25) is 14.6 Å². The van der Waals surface area contributed by atoms with Crippen LogP contribution in [0.3, 0.4) is 0 Å². The van der Waals surface area contributed by atoms with Gasteiger partial charge in [0.25, 0.3) is 5.56 Å². The predicted octanol–water partition coefficient (Wildman–Crippen LogP) is 3.44. The maximum atomic E-state index is 14.2. The van der Waals surface area contributed by atoms with Gasteiger partial charge in [-0.1, -0.05) is 18.2 Å². The summed E-state index contributed by atoms with van der Waals surface area (Å²) in [6.07, 6.45) is -0.401. The quantitative estimate of drug-likeness (QED) is 0.527. The van der Waals surface area contributed by atoms with Gasteiger partial charge in [-0.2, -0.15) is 5.10 Å². The molecule has 1 saturated heterocycles. The molecule has 4 rings (SSSR count). The van der Waals surface area contributed by atoms with E-state index in [0.717, 1.165) is 30.4 Å². The first-order valence-electron chi connectivity index (χ1n) is 11.3. The summed E-state index contributed by atoms with van der Waals surface area (Å²) in [5.74, 6) is -2.04. The fourth-order valence-electron chi connectivity index (χ4n) is 4.02. The van der Waals surface area contributed by atoms with Crippen molar-refractivity contribution in [2.75, 3.05) is 44.3 Å². The van der Waals surface area contributed by atoms with Crippen molar-refractivity contribution < 1.29 is 23.4 Å². The summed E-state index contributed by atoms with van der Waals surface area (Å²) in [6.45, 7) is 4.18. The highest BCUT2D eigenvalue weighted by Gasteiger charge is 2.17. The van der Waals surface area contributed by atoms with Crippen molar-refractivity contribution in [3.8, 4) is 11.3 Å². The molecule has 1 aromatic heterocycles. The van der Waals surface area contributed by atoms with Crippen molar-refractivity contribution in [2.24, 2.45) is 0 Å². The molecule has 10 heteroatoms. The van der Waals surface area contributed by atoms with E-state index < -0.39 is 23.3 Å². The molecule has 1 amide bonds. The molecule has 0 unspecified atom stereocenters. The summed E-state index contributed by atoms with van der Waals surface area (Å²) in [6, 6.07) is 13.2. The minimum Gasteiger partial charge on any atom is -0.465 e. The molecule has 8 nitrogen and oxygen atoms in total. The molecule has 0 radical (unpaired) electrons. The van der Waals surface area contributed by atoms with Crippen LogP contribution in [-0.4, -0.2) is 65.3 Å². The Balaban J connectivity index is 1.50. The number of carbonyl (C=O) groups is 1. The lowest BCUT2D eigenvalue weighted by Crippen LogP contribution is -2.39. The summed E-state index contributed by atoms with van der Waals surface area (Å²) in [5.41, 5.74) is 0.778. The van der Waals surface area contributed by atoms with Gasteiger partial charge in [0.1, 0.15) is 0 Å². The molecule has 1 aliphatic rings. The number of anilines is 1. The number of hydrogen-bond donors (Lipinski definition) is 1. The van der Waals surface area contributed by atoms with Crippen molar-refractivity contribution in [1.82, 2.24) is 14.7 Å². The van der Waals surface area contributed by atoms with Crippen LogP contribution in [0.15, 0.2) is 59.4 Å². The number of morpholine rings is 1. The number of nitrogens with zero attached hydrogens (tertiary/aromatic N) is 4. The highest BCUT2D eigenvalue weighted by molar-refractivity contribution is 5.86. The van der Waals surface area contributed by atoms with Crippen molar-refractivity contribution in [3.05, 3.63) is 82.1 Å². The molecule has 0 atom stereocenters. The van der Waals surface area contributed by atoms with Gasteiger partial charge < -0.3 is 9.84 Å². The van der Waals surface area contributed by atoms with Crippen LogP contribution in [0.5, 0.6) is 0 Å². The summed E-state index contributed by atoms with van der Waals surface area (Å²) in [7, 11) is 0. The van der Waals surface area contributed by atoms with Gasteiger partial charge in [-0.05, 0) is 42.3 Å². The molecule has 0 aliphatic carbocycles. The number of rotatable bonds is 8. The van der Waals surface area contributed by atoms with E-state index in [0.29, 0.717) is 37.4 Å². The Kier molecular flexibility index (Phi) is 7.84. The zero-order chi connectivity index (χ0) is 24.8. The van der Waals surface area contributed by atoms with Gasteiger partial charge in [0, 0.05) is 43.5 Å². The van der Waals surface area contributed by atoms with Crippen LogP contribution in [0.4, 0.5) is 19.3 Å². The topological polar surface area (TPSA) is 87.9 Å². The third kappa shape index (κ3) is 6.09. The van der Waals surface area contributed by atoms with E-state index in [2.05, 4.69) is 10.00 Å². The van der Waals surface area contributed by atoms with E-state index in [-0.39, 0.29) is 17.8 Å². The van der Waals surface area contributed by atoms with Gasteiger partial charge in [-0.15, -0.1) is 0 Å². The van der Waals surface area contributed by atoms with E-state index in [1.807, 2.05) is 0 Å². The minimum absolute atomic E-state index is 0.0404. The Labute approximate surface area is 201 Å². The SMILES string of the molecule is O=C(O)N(CCCN1CCOCC1)c1cccc(Cn2nc(-c3cccc(F)c3F)ccc2=O)c1. The lowest BCUT2D eigenvalue weighted by molar-refractivity contribution is 0.0376. The molecule has 0 saturated carbocycles. The number of halogens is 2.